The van der Waals surface area contributed by atoms with Gasteiger partial charge < -0.3 is 10.1 Å². The highest BCUT2D eigenvalue weighted by Gasteiger charge is 2.03. The highest BCUT2D eigenvalue weighted by Crippen LogP contribution is 2.06. The van der Waals surface area contributed by atoms with Gasteiger partial charge in [0.25, 0.3) is 0 Å². The molecule has 0 bridgehead atoms. The first-order valence-electron chi connectivity index (χ1n) is 4.39. The highest BCUT2D eigenvalue weighted by atomic mass is 16.5. The predicted octanol–water partition coefficient (Wildman–Crippen LogP) is 1.97. The third kappa shape index (κ3) is 5.31. The molecule has 1 N–H and O–H groups in total. The Morgan fingerprint density at radius 2 is 2.15 bits per heavy atom. The van der Waals surface area contributed by atoms with Gasteiger partial charge in [-0.1, -0.05) is 13.3 Å². The molecule has 0 amide bonds. The highest BCUT2D eigenvalue weighted by molar-refractivity contribution is 6.03. The van der Waals surface area contributed by atoms with Crippen LogP contribution in [0.1, 0.15) is 26.7 Å². The summed E-state index contributed by atoms with van der Waals surface area (Å²) in [6, 6.07) is 0. The van der Waals surface area contributed by atoms with Gasteiger partial charge in [-0.15, -0.1) is 0 Å². The quantitative estimate of drug-likeness (QED) is 0.505. The summed E-state index contributed by atoms with van der Waals surface area (Å²) in [6.07, 6.45) is 3.27. The number of Topliss-reactive ketones (excluding diaryl/α,β-unsaturated/α-hetero) is 1. The van der Waals surface area contributed by atoms with Gasteiger partial charge in [-0.25, -0.2) is 0 Å². The monoisotopic (exact) mass is 183 g/mol. The molecule has 0 saturated heterocycles. The maximum atomic E-state index is 11.1. The summed E-state index contributed by atoms with van der Waals surface area (Å²) >= 11 is 0. The number of ether oxygens (including phenoxy) is 1. The van der Waals surface area contributed by atoms with E-state index >= 15 is 0 Å². The molecule has 0 rings (SSSR count). The molecule has 0 aromatic heterocycles. The van der Waals surface area contributed by atoms with Gasteiger partial charge in [0.05, 0.1) is 12.3 Å². The molecule has 0 aliphatic carbocycles. The number of hydrogen-bond donors (Lipinski definition) is 1. The fourth-order valence-corrected chi connectivity index (χ4v) is 1.03. The largest absolute Gasteiger partial charge is 0.378 e. The number of nitrogens with one attached hydrogen (secondary N) is 1. The molecule has 0 aromatic rings. The van der Waals surface area contributed by atoms with E-state index in [0.717, 1.165) is 12.8 Å². The van der Waals surface area contributed by atoms with Crippen molar-refractivity contribution in [2.75, 3.05) is 13.7 Å². The SMILES string of the molecule is CCC/C(=C\C(=N)COC)C(C)=O. The molecule has 0 unspecified atom stereocenters. The Balaban J connectivity index is 4.34. The molecule has 74 valence electrons. The number of carbonyl (C=O) groups excluding carboxylic acids is 1. The Morgan fingerprint density at radius 1 is 1.54 bits per heavy atom. The van der Waals surface area contributed by atoms with Crippen molar-refractivity contribution < 1.29 is 9.53 Å². The predicted molar refractivity (Wildman–Crippen MR) is 53.3 cm³/mol. The average Bonchev–Trinajstić information content (AvgIpc) is 2.04. The summed E-state index contributed by atoms with van der Waals surface area (Å²) in [5.41, 5.74) is 1.06. The third-order valence-electron chi connectivity index (χ3n) is 1.62. The van der Waals surface area contributed by atoms with Crippen LogP contribution in [0.2, 0.25) is 0 Å². The normalized spacial score (nSPS) is 11.5. The molecular formula is C10H17NO2. The summed E-state index contributed by atoms with van der Waals surface area (Å²) in [6.45, 7) is 3.80. The van der Waals surface area contributed by atoms with E-state index in [1.54, 1.807) is 6.08 Å². The van der Waals surface area contributed by atoms with Crippen LogP contribution in [0, 0.1) is 5.41 Å². The van der Waals surface area contributed by atoms with Crippen LogP contribution in [0.3, 0.4) is 0 Å². The van der Waals surface area contributed by atoms with Crippen molar-refractivity contribution in [3.63, 3.8) is 0 Å². The Morgan fingerprint density at radius 3 is 2.54 bits per heavy atom. The molecule has 0 aromatic carbocycles. The van der Waals surface area contributed by atoms with Crippen molar-refractivity contribution in [3.05, 3.63) is 11.6 Å². The van der Waals surface area contributed by atoms with E-state index in [1.165, 1.54) is 14.0 Å². The molecule has 3 heteroatoms. The van der Waals surface area contributed by atoms with Gasteiger partial charge in [0.1, 0.15) is 0 Å². The first kappa shape index (κ1) is 12.0. The second kappa shape index (κ2) is 6.54. The van der Waals surface area contributed by atoms with Crippen LogP contribution in [0.5, 0.6) is 0 Å². The lowest BCUT2D eigenvalue weighted by molar-refractivity contribution is -0.113. The summed E-state index contributed by atoms with van der Waals surface area (Å²) in [5.74, 6) is 0.0442. The second-order valence-electron chi connectivity index (χ2n) is 2.93. The van der Waals surface area contributed by atoms with Gasteiger partial charge in [0.2, 0.25) is 0 Å². The van der Waals surface area contributed by atoms with Gasteiger partial charge in [-0.05, 0) is 25.0 Å². The van der Waals surface area contributed by atoms with Gasteiger partial charge in [-0.2, -0.15) is 0 Å². The Bertz CT molecular complexity index is 219. The van der Waals surface area contributed by atoms with Crippen LogP contribution in [-0.2, 0) is 9.53 Å². The van der Waals surface area contributed by atoms with Crippen molar-refractivity contribution in [2.45, 2.75) is 26.7 Å². The zero-order valence-electron chi connectivity index (χ0n) is 8.52. The maximum Gasteiger partial charge on any atom is 0.155 e. The fraction of sp³-hybridized carbons (Fsp3) is 0.600. The van der Waals surface area contributed by atoms with Gasteiger partial charge in [0, 0.05) is 7.11 Å². The minimum atomic E-state index is 0.0442. The van der Waals surface area contributed by atoms with Crippen LogP contribution in [0.15, 0.2) is 11.6 Å². The minimum Gasteiger partial charge on any atom is -0.378 e. The van der Waals surface area contributed by atoms with E-state index in [9.17, 15) is 4.79 Å². The van der Waals surface area contributed by atoms with Crippen molar-refractivity contribution in [2.24, 2.45) is 0 Å². The number of rotatable bonds is 6. The first-order chi connectivity index (χ1) is 6.11. The molecule has 0 radical (unpaired) electrons. The summed E-state index contributed by atoms with van der Waals surface area (Å²) in [5, 5.41) is 7.44. The van der Waals surface area contributed by atoms with Gasteiger partial charge >= 0.3 is 0 Å². The zero-order valence-corrected chi connectivity index (χ0v) is 8.52. The van der Waals surface area contributed by atoms with Crippen LogP contribution in [0.4, 0.5) is 0 Å². The van der Waals surface area contributed by atoms with Crippen LogP contribution < -0.4 is 0 Å². The average molecular weight is 183 g/mol. The smallest absolute Gasteiger partial charge is 0.155 e. The second-order valence-corrected chi connectivity index (χ2v) is 2.93. The van der Waals surface area contributed by atoms with Crippen molar-refractivity contribution in [1.29, 1.82) is 5.41 Å². The van der Waals surface area contributed by atoms with E-state index in [-0.39, 0.29) is 12.4 Å². The Labute approximate surface area is 79.3 Å². The molecule has 0 spiro atoms. The van der Waals surface area contributed by atoms with Crippen LogP contribution in [-0.4, -0.2) is 25.2 Å². The van der Waals surface area contributed by atoms with E-state index in [0.29, 0.717) is 11.3 Å². The molecule has 0 aliphatic rings. The van der Waals surface area contributed by atoms with E-state index in [1.807, 2.05) is 6.92 Å². The van der Waals surface area contributed by atoms with E-state index in [4.69, 9.17) is 10.1 Å². The lowest BCUT2D eigenvalue weighted by atomic mass is 10.1. The minimum absolute atomic E-state index is 0.0442. The standard InChI is InChI=1S/C10H17NO2/c1-4-5-9(8(2)12)6-10(11)7-13-3/h6,11H,4-5,7H2,1-3H3/b9-6+,11-10?. The van der Waals surface area contributed by atoms with Gasteiger partial charge in [-0.3, -0.25) is 4.79 Å². The molecule has 3 nitrogen and oxygen atoms in total. The summed E-state index contributed by atoms with van der Waals surface area (Å²) in [4.78, 5) is 11.1. The van der Waals surface area contributed by atoms with Crippen molar-refractivity contribution in [3.8, 4) is 0 Å². The number of ketones is 1. The number of hydrogen-bond acceptors (Lipinski definition) is 3. The summed E-state index contributed by atoms with van der Waals surface area (Å²) < 4.78 is 4.78. The first-order valence-corrected chi connectivity index (χ1v) is 4.39. The molecule has 0 atom stereocenters. The molecule has 13 heavy (non-hydrogen) atoms. The maximum absolute atomic E-state index is 11.1. The summed E-state index contributed by atoms with van der Waals surface area (Å²) in [7, 11) is 1.54. The third-order valence-corrected chi connectivity index (χ3v) is 1.62. The van der Waals surface area contributed by atoms with Crippen LogP contribution >= 0.6 is 0 Å². The lowest BCUT2D eigenvalue weighted by Gasteiger charge is -2.02. The zero-order chi connectivity index (χ0) is 10.3. The lowest BCUT2D eigenvalue weighted by Crippen LogP contribution is -2.06. The fourth-order valence-electron chi connectivity index (χ4n) is 1.03. The van der Waals surface area contributed by atoms with Crippen molar-refractivity contribution in [1.82, 2.24) is 0 Å². The Hall–Kier alpha value is -0.960. The number of methoxy groups -OCH3 is 1. The molecular weight excluding hydrogens is 166 g/mol. The van der Waals surface area contributed by atoms with E-state index < -0.39 is 0 Å². The number of allylic oxidation sites excluding steroid dienone is 1. The Kier molecular flexibility index (Phi) is 6.06. The van der Waals surface area contributed by atoms with Crippen molar-refractivity contribution >= 4 is 11.5 Å². The molecule has 0 fully saturated rings. The van der Waals surface area contributed by atoms with Crippen LogP contribution in [0.25, 0.3) is 0 Å². The van der Waals surface area contributed by atoms with Gasteiger partial charge in [0.15, 0.2) is 5.78 Å². The topological polar surface area (TPSA) is 50.1 Å². The number of carbonyl (C=O) groups is 1. The molecule has 0 heterocycles. The van der Waals surface area contributed by atoms with E-state index in [2.05, 4.69) is 0 Å². The molecule has 0 saturated carbocycles. The molecule has 0 aliphatic heterocycles.